The van der Waals surface area contributed by atoms with Crippen molar-refractivity contribution in [1.82, 2.24) is 0 Å². The number of carbonyl (C=O) groups excluding carboxylic acids is 2. The molecule has 0 radical (unpaired) electrons. The van der Waals surface area contributed by atoms with Crippen LogP contribution in [-0.2, 0) is 16.0 Å². The number of Topliss-reactive ketones (excluding diaryl/α,β-unsaturated/α-hetero) is 1. The van der Waals surface area contributed by atoms with Crippen molar-refractivity contribution in [2.24, 2.45) is 5.92 Å². The predicted molar refractivity (Wildman–Crippen MR) is 62.5 cm³/mol. The van der Waals surface area contributed by atoms with E-state index < -0.39 is 0 Å². The molecule has 1 aromatic carbocycles. The molecule has 0 spiro atoms. The number of fused-ring (bicyclic) bond motifs is 1. The van der Waals surface area contributed by atoms with E-state index in [0.29, 0.717) is 12.0 Å². The van der Waals surface area contributed by atoms with Crippen LogP contribution in [0.4, 0.5) is 0 Å². The monoisotopic (exact) mass is 228 g/mol. The smallest absolute Gasteiger partial charge is 0.309 e. The third-order valence-electron chi connectivity index (χ3n) is 3.00. The summed E-state index contributed by atoms with van der Waals surface area (Å²) >= 11 is 0. The van der Waals surface area contributed by atoms with Gasteiger partial charge in [-0.2, -0.15) is 0 Å². The van der Waals surface area contributed by atoms with Crippen molar-refractivity contribution in [2.75, 3.05) is 7.11 Å². The van der Waals surface area contributed by atoms with E-state index in [-0.39, 0.29) is 24.1 Å². The van der Waals surface area contributed by atoms with Crippen LogP contribution in [0.5, 0.6) is 0 Å². The highest BCUT2D eigenvalue weighted by Gasteiger charge is 2.30. The Hall–Kier alpha value is -2.08. The first-order valence-electron chi connectivity index (χ1n) is 5.36. The zero-order valence-corrected chi connectivity index (χ0v) is 9.53. The van der Waals surface area contributed by atoms with Crippen molar-refractivity contribution in [3.63, 3.8) is 0 Å². The van der Waals surface area contributed by atoms with Crippen LogP contribution in [0, 0.1) is 18.3 Å². The average Bonchev–Trinajstić information content (AvgIpc) is 2.36. The van der Waals surface area contributed by atoms with Crippen molar-refractivity contribution >= 4 is 11.8 Å². The van der Waals surface area contributed by atoms with Gasteiger partial charge in [-0.3, -0.25) is 9.59 Å². The van der Waals surface area contributed by atoms with E-state index >= 15 is 0 Å². The van der Waals surface area contributed by atoms with Crippen LogP contribution in [0.3, 0.4) is 0 Å². The van der Waals surface area contributed by atoms with Crippen molar-refractivity contribution in [3.8, 4) is 12.3 Å². The van der Waals surface area contributed by atoms with Crippen molar-refractivity contribution in [3.05, 3.63) is 34.9 Å². The fourth-order valence-electron chi connectivity index (χ4n) is 2.13. The molecule has 86 valence electrons. The molecule has 1 aromatic rings. The van der Waals surface area contributed by atoms with Gasteiger partial charge in [0.25, 0.3) is 0 Å². The van der Waals surface area contributed by atoms with E-state index in [1.165, 1.54) is 7.11 Å². The van der Waals surface area contributed by atoms with Crippen LogP contribution < -0.4 is 0 Å². The number of benzene rings is 1. The third kappa shape index (κ3) is 2.07. The van der Waals surface area contributed by atoms with E-state index in [1.807, 2.05) is 0 Å². The molecular formula is C14H12O3. The highest BCUT2D eigenvalue weighted by atomic mass is 16.5. The molecule has 0 aromatic heterocycles. The summed E-state index contributed by atoms with van der Waals surface area (Å²) in [5.41, 5.74) is 2.23. The van der Waals surface area contributed by atoms with Crippen molar-refractivity contribution < 1.29 is 14.3 Å². The third-order valence-corrected chi connectivity index (χ3v) is 3.00. The first-order chi connectivity index (χ1) is 8.15. The Morgan fingerprint density at radius 1 is 1.47 bits per heavy atom. The SMILES string of the molecule is C#Cc1ccc2c(c1)CC(C(=O)OC)CC2=O. The molecule has 0 amide bonds. The maximum absolute atomic E-state index is 11.9. The van der Waals surface area contributed by atoms with Gasteiger partial charge in [-0.15, -0.1) is 6.42 Å². The average molecular weight is 228 g/mol. The Morgan fingerprint density at radius 3 is 2.88 bits per heavy atom. The summed E-state index contributed by atoms with van der Waals surface area (Å²) in [6.07, 6.45) is 6.05. The number of esters is 1. The molecule has 1 unspecified atom stereocenters. The zero-order valence-electron chi connectivity index (χ0n) is 9.53. The van der Waals surface area contributed by atoms with Gasteiger partial charge in [0.05, 0.1) is 13.0 Å². The summed E-state index contributed by atoms with van der Waals surface area (Å²) in [5, 5.41) is 0. The summed E-state index contributed by atoms with van der Waals surface area (Å²) in [6.45, 7) is 0. The molecule has 3 heteroatoms. The van der Waals surface area contributed by atoms with Gasteiger partial charge >= 0.3 is 5.97 Å². The molecule has 2 rings (SSSR count). The van der Waals surface area contributed by atoms with Crippen LogP contribution in [0.25, 0.3) is 0 Å². The minimum absolute atomic E-state index is 0.0229. The maximum atomic E-state index is 11.9. The Kier molecular flexibility index (Phi) is 2.97. The van der Waals surface area contributed by atoms with Crippen LogP contribution >= 0.6 is 0 Å². The number of methoxy groups -OCH3 is 1. The molecule has 0 bridgehead atoms. The Labute approximate surface area is 99.8 Å². The number of ether oxygens (including phenoxy) is 1. The molecule has 1 aliphatic carbocycles. The lowest BCUT2D eigenvalue weighted by Gasteiger charge is -2.21. The molecule has 17 heavy (non-hydrogen) atoms. The van der Waals surface area contributed by atoms with Gasteiger partial charge in [-0.25, -0.2) is 0 Å². The zero-order chi connectivity index (χ0) is 12.4. The molecule has 1 atom stereocenters. The summed E-state index contributed by atoms with van der Waals surface area (Å²) < 4.78 is 4.68. The molecule has 0 saturated heterocycles. The summed E-state index contributed by atoms with van der Waals surface area (Å²) in [5.74, 6) is 1.78. The minimum Gasteiger partial charge on any atom is -0.469 e. The van der Waals surface area contributed by atoms with E-state index in [4.69, 9.17) is 6.42 Å². The summed E-state index contributed by atoms with van der Waals surface area (Å²) in [6, 6.07) is 5.28. The van der Waals surface area contributed by atoms with Crippen LogP contribution in [0.15, 0.2) is 18.2 Å². The topological polar surface area (TPSA) is 43.4 Å². The van der Waals surface area contributed by atoms with E-state index in [1.54, 1.807) is 18.2 Å². The van der Waals surface area contributed by atoms with Gasteiger partial charge < -0.3 is 4.74 Å². The van der Waals surface area contributed by atoms with Crippen molar-refractivity contribution in [2.45, 2.75) is 12.8 Å². The second kappa shape index (κ2) is 4.42. The molecule has 0 N–H and O–H groups in total. The second-order valence-corrected chi connectivity index (χ2v) is 4.07. The number of terminal acetylenes is 1. The number of hydrogen-bond donors (Lipinski definition) is 0. The predicted octanol–water partition coefficient (Wildman–Crippen LogP) is 1.59. The second-order valence-electron chi connectivity index (χ2n) is 4.07. The Balaban J connectivity index is 2.37. The molecule has 0 heterocycles. The Morgan fingerprint density at radius 2 is 2.24 bits per heavy atom. The van der Waals surface area contributed by atoms with Gasteiger partial charge in [0.2, 0.25) is 0 Å². The first-order valence-corrected chi connectivity index (χ1v) is 5.36. The number of ketones is 1. The van der Waals surface area contributed by atoms with Crippen LogP contribution in [0.2, 0.25) is 0 Å². The van der Waals surface area contributed by atoms with Gasteiger partial charge in [-0.1, -0.05) is 5.92 Å². The first kappa shape index (κ1) is 11.4. The number of hydrogen-bond acceptors (Lipinski definition) is 3. The highest BCUT2D eigenvalue weighted by molar-refractivity contribution is 6.01. The standard InChI is InChI=1S/C14H12O3/c1-3-9-4-5-12-10(6-9)7-11(8-13(12)15)14(16)17-2/h1,4-6,11H,7-8H2,2H3. The highest BCUT2D eigenvalue weighted by Crippen LogP contribution is 2.27. The molecular weight excluding hydrogens is 216 g/mol. The lowest BCUT2D eigenvalue weighted by molar-refractivity contribution is -0.145. The van der Waals surface area contributed by atoms with Crippen LogP contribution in [0.1, 0.15) is 27.9 Å². The van der Waals surface area contributed by atoms with Crippen molar-refractivity contribution in [1.29, 1.82) is 0 Å². The molecule has 0 aliphatic heterocycles. The fraction of sp³-hybridized carbons (Fsp3) is 0.286. The van der Waals surface area contributed by atoms with Gasteiger partial charge in [-0.05, 0) is 30.2 Å². The van der Waals surface area contributed by atoms with Gasteiger partial charge in [0.15, 0.2) is 5.78 Å². The lowest BCUT2D eigenvalue weighted by atomic mass is 9.82. The van der Waals surface area contributed by atoms with E-state index in [0.717, 1.165) is 11.1 Å². The molecule has 1 aliphatic rings. The molecule has 0 saturated carbocycles. The fourth-order valence-corrected chi connectivity index (χ4v) is 2.13. The largest absolute Gasteiger partial charge is 0.469 e. The lowest BCUT2D eigenvalue weighted by Crippen LogP contribution is -2.27. The summed E-state index contributed by atoms with van der Waals surface area (Å²) in [4.78, 5) is 23.3. The molecule has 0 fully saturated rings. The van der Waals surface area contributed by atoms with Gasteiger partial charge in [0.1, 0.15) is 0 Å². The molecule has 3 nitrogen and oxygen atoms in total. The van der Waals surface area contributed by atoms with E-state index in [2.05, 4.69) is 10.7 Å². The van der Waals surface area contributed by atoms with Gasteiger partial charge in [0, 0.05) is 17.5 Å². The number of rotatable bonds is 1. The van der Waals surface area contributed by atoms with Crippen LogP contribution in [-0.4, -0.2) is 18.9 Å². The normalized spacial score (nSPS) is 18.1. The minimum atomic E-state index is -0.381. The maximum Gasteiger partial charge on any atom is 0.309 e. The van der Waals surface area contributed by atoms with E-state index in [9.17, 15) is 9.59 Å². The quantitative estimate of drug-likeness (QED) is 0.541. The number of carbonyl (C=O) groups is 2. The summed E-state index contributed by atoms with van der Waals surface area (Å²) in [7, 11) is 1.33. The Bertz CT molecular complexity index is 523.